The van der Waals surface area contributed by atoms with Crippen LogP contribution in [0.2, 0.25) is 0 Å². The standard InChI is InChI=1S/C21H31N3O2S/c1-17(2)16-27(25,26)21-22-13-20(15-23-12-8-7-9-18(23)3)24(21)14-19-10-5-4-6-11-19/h4-6,10-11,13,17-18H,7-9,12,14-16H2,1-3H3/t18-/m0/s1. The summed E-state index contributed by atoms with van der Waals surface area (Å²) in [4.78, 5) is 6.82. The Balaban J connectivity index is 1.95. The van der Waals surface area contributed by atoms with E-state index in [1.807, 2.05) is 48.7 Å². The summed E-state index contributed by atoms with van der Waals surface area (Å²) in [5, 5.41) is 0.208. The average Bonchev–Trinajstić information content (AvgIpc) is 3.00. The molecule has 2 aromatic rings. The van der Waals surface area contributed by atoms with Gasteiger partial charge in [-0.15, -0.1) is 0 Å². The van der Waals surface area contributed by atoms with Crippen LogP contribution in [0, 0.1) is 5.92 Å². The molecule has 0 radical (unpaired) electrons. The van der Waals surface area contributed by atoms with Crippen molar-refractivity contribution in [2.45, 2.75) is 64.3 Å². The molecule has 0 amide bonds. The van der Waals surface area contributed by atoms with Crippen LogP contribution in [-0.2, 0) is 22.9 Å². The average molecular weight is 390 g/mol. The number of piperidine rings is 1. The topological polar surface area (TPSA) is 55.2 Å². The van der Waals surface area contributed by atoms with E-state index in [1.54, 1.807) is 6.20 Å². The lowest BCUT2D eigenvalue weighted by Gasteiger charge is -2.33. The fraction of sp³-hybridized carbons (Fsp3) is 0.571. The summed E-state index contributed by atoms with van der Waals surface area (Å²) in [7, 11) is -3.41. The summed E-state index contributed by atoms with van der Waals surface area (Å²) in [5.41, 5.74) is 2.07. The van der Waals surface area contributed by atoms with E-state index >= 15 is 0 Å². The Bertz CT molecular complexity index is 844. The zero-order valence-electron chi connectivity index (χ0n) is 16.6. The van der Waals surface area contributed by atoms with E-state index in [9.17, 15) is 8.42 Å². The number of hydrogen-bond donors (Lipinski definition) is 0. The molecule has 6 heteroatoms. The van der Waals surface area contributed by atoms with Gasteiger partial charge >= 0.3 is 0 Å². The van der Waals surface area contributed by atoms with E-state index in [4.69, 9.17) is 0 Å². The predicted octanol–water partition coefficient (Wildman–Crippen LogP) is 3.74. The van der Waals surface area contributed by atoms with Crippen molar-refractivity contribution in [3.63, 3.8) is 0 Å². The number of aromatic nitrogens is 2. The minimum Gasteiger partial charge on any atom is -0.313 e. The maximum absolute atomic E-state index is 12.9. The van der Waals surface area contributed by atoms with Crippen LogP contribution >= 0.6 is 0 Å². The molecule has 0 N–H and O–H groups in total. The Labute approximate surface area is 163 Å². The number of nitrogens with zero attached hydrogens (tertiary/aromatic N) is 3. The first-order chi connectivity index (χ1) is 12.9. The van der Waals surface area contributed by atoms with Crippen LogP contribution in [0.15, 0.2) is 41.7 Å². The SMILES string of the molecule is CC(C)CS(=O)(=O)c1ncc(CN2CCCC[C@@H]2C)n1Cc1ccccc1. The van der Waals surface area contributed by atoms with Crippen molar-refractivity contribution in [1.29, 1.82) is 0 Å². The number of imidazole rings is 1. The van der Waals surface area contributed by atoms with Crippen LogP contribution in [0.25, 0.3) is 0 Å². The van der Waals surface area contributed by atoms with Gasteiger partial charge < -0.3 is 4.57 Å². The molecule has 1 aliphatic heterocycles. The second-order valence-electron chi connectivity index (χ2n) is 8.09. The lowest BCUT2D eigenvalue weighted by molar-refractivity contribution is 0.149. The first-order valence-electron chi connectivity index (χ1n) is 9.92. The van der Waals surface area contributed by atoms with Crippen molar-refractivity contribution < 1.29 is 8.42 Å². The van der Waals surface area contributed by atoms with Gasteiger partial charge in [-0.25, -0.2) is 13.4 Å². The Hall–Kier alpha value is -1.66. The predicted molar refractivity (Wildman–Crippen MR) is 108 cm³/mol. The Morgan fingerprint density at radius 2 is 1.89 bits per heavy atom. The fourth-order valence-electron chi connectivity index (χ4n) is 3.82. The zero-order valence-corrected chi connectivity index (χ0v) is 17.5. The molecule has 1 aromatic carbocycles. The number of likely N-dealkylation sites (tertiary alicyclic amines) is 1. The van der Waals surface area contributed by atoms with Gasteiger partial charge in [-0.05, 0) is 37.8 Å². The molecule has 5 nitrogen and oxygen atoms in total. The molecule has 1 aromatic heterocycles. The smallest absolute Gasteiger partial charge is 0.228 e. The van der Waals surface area contributed by atoms with Gasteiger partial charge in [0.1, 0.15) is 0 Å². The minimum atomic E-state index is -3.41. The molecule has 1 saturated heterocycles. The highest BCUT2D eigenvalue weighted by molar-refractivity contribution is 7.91. The highest BCUT2D eigenvalue weighted by Gasteiger charge is 2.26. The molecule has 0 aliphatic carbocycles. The molecule has 0 unspecified atom stereocenters. The summed E-state index contributed by atoms with van der Waals surface area (Å²) in [5.74, 6) is 0.195. The summed E-state index contributed by atoms with van der Waals surface area (Å²) < 4.78 is 27.8. The van der Waals surface area contributed by atoms with Crippen LogP contribution < -0.4 is 0 Å². The number of hydrogen-bond acceptors (Lipinski definition) is 4. The van der Waals surface area contributed by atoms with E-state index in [0.717, 1.165) is 24.3 Å². The second kappa shape index (κ2) is 8.57. The van der Waals surface area contributed by atoms with Crippen molar-refractivity contribution in [3.8, 4) is 0 Å². The molecule has 1 atom stereocenters. The monoisotopic (exact) mass is 389 g/mol. The van der Waals surface area contributed by atoms with Crippen LogP contribution in [0.5, 0.6) is 0 Å². The molecule has 148 valence electrons. The van der Waals surface area contributed by atoms with Gasteiger partial charge in [0, 0.05) is 12.6 Å². The van der Waals surface area contributed by atoms with Crippen LogP contribution in [0.3, 0.4) is 0 Å². The van der Waals surface area contributed by atoms with E-state index in [1.165, 1.54) is 19.3 Å². The summed E-state index contributed by atoms with van der Waals surface area (Å²) in [6.45, 7) is 8.46. The molecule has 0 bridgehead atoms. The molecule has 0 spiro atoms. The fourth-order valence-corrected chi connectivity index (χ4v) is 5.57. The first kappa shape index (κ1) is 20.1. The maximum Gasteiger partial charge on any atom is 0.228 e. The normalized spacial score (nSPS) is 18.9. The van der Waals surface area contributed by atoms with E-state index < -0.39 is 9.84 Å². The summed E-state index contributed by atoms with van der Waals surface area (Å²) >= 11 is 0. The summed E-state index contributed by atoms with van der Waals surface area (Å²) in [6.07, 6.45) is 5.44. The largest absolute Gasteiger partial charge is 0.313 e. The van der Waals surface area contributed by atoms with Gasteiger partial charge in [-0.3, -0.25) is 4.90 Å². The van der Waals surface area contributed by atoms with Gasteiger partial charge in [0.2, 0.25) is 15.0 Å². The van der Waals surface area contributed by atoms with E-state index in [0.29, 0.717) is 12.6 Å². The Kier molecular flexibility index (Phi) is 6.37. The van der Waals surface area contributed by atoms with Crippen molar-refractivity contribution >= 4 is 9.84 Å². The third-order valence-electron chi connectivity index (χ3n) is 5.22. The molecule has 1 fully saturated rings. The maximum atomic E-state index is 12.9. The van der Waals surface area contributed by atoms with Crippen molar-refractivity contribution in [3.05, 3.63) is 47.8 Å². The first-order valence-corrected chi connectivity index (χ1v) is 11.6. The molecule has 2 heterocycles. The van der Waals surface area contributed by atoms with Gasteiger partial charge in [0.25, 0.3) is 0 Å². The molecular formula is C21H31N3O2S. The minimum absolute atomic E-state index is 0.0717. The van der Waals surface area contributed by atoms with Crippen molar-refractivity contribution in [2.24, 2.45) is 5.92 Å². The van der Waals surface area contributed by atoms with Crippen LogP contribution in [0.4, 0.5) is 0 Å². The van der Waals surface area contributed by atoms with Crippen LogP contribution in [-0.4, -0.2) is 41.2 Å². The Morgan fingerprint density at radius 3 is 2.56 bits per heavy atom. The number of sulfone groups is 1. The number of rotatable bonds is 7. The third kappa shape index (κ3) is 4.99. The van der Waals surface area contributed by atoms with Crippen LogP contribution in [0.1, 0.15) is 51.3 Å². The quantitative estimate of drug-likeness (QED) is 0.724. The van der Waals surface area contributed by atoms with E-state index in [2.05, 4.69) is 16.8 Å². The highest BCUT2D eigenvalue weighted by Crippen LogP contribution is 2.23. The second-order valence-corrected chi connectivity index (χ2v) is 10.0. The van der Waals surface area contributed by atoms with Gasteiger partial charge in [-0.2, -0.15) is 0 Å². The van der Waals surface area contributed by atoms with Crippen molar-refractivity contribution in [2.75, 3.05) is 12.3 Å². The number of benzene rings is 1. The third-order valence-corrected chi connectivity index (χ3v) is 7.21. The van der Waals surface area contributed by atoms with Crippen molar-refractivity contribution in [1.82, 2.24) is 14.5 Å². The Morgan fingerprint density at radius 1 is 1.15 bits per heavy atom. The van der Waals surface area contributed by atoms with Gasteiger partial charge in [-0.1, -0.05) is 50.6 Å². The molecular weight excluding hydrogens is 358 g/mol. The lowest BCUT2D eigenvalue weighted by atomic mass is 10.0. The molecule has 27 heavy (non-hydrogen) atoms. The lowest BCUT2D eigenvalue weighted by Crippen LogP contribution is -2.37. The molecule has 3 rings (SSSR count). The molecule has 1 aliphatic rings. The summed E-state index contributed by atoms with van der Waals surface area (Å²) in [6, 6.07) is 10.5. The molecule has 0 saturated carbocycles. The highest BCUT2D eigenvalue weighted by atomic mass is 32.2. The van der Waals surface area contributed by atoms with Gasteiger partial charge in [0.15, 0.2) is 0 Å². The van der Waals surface area contributed by atoms with E-state index in [-0.39, 0.29) is 16.8 Å². The van der Waals surface area contributed by atoms with Gasteiger partial charge in [0.05, 0.1) is 24.2 Å². The zero-order chi connectivity index (χ0) is 19.4.